The number of benzene rings is 1. The zero-order valence-corrected chi connectivity index (χ0v) is 14.2. The smallest absolute Gasteiger partial charge is 0.326 e. The highest BCUT2D eigenvalue weighted by Gasteiger charge is 2.20. The molecule has 2 aromatic rings. The van der Waals surface area contributed by atoms with Crippen molar-refractivity contribution in [2.24, 2.45) is 5.92 Å². The first-order valence-electron chi connectivity index (χ1n) is 7.82. The molecular weight excluding hydrogens is 312 g/mol. The maximum atomic E-state index is 11.9. The number of carboxylic acids is 1. The molecule has 0 saturated heterocycles. The van der Waals surface area contributed by atoms with Crippen molar-refractivity contribution in [2.75, 3.05) is 0 Å². The quantitative estimate of drug-likeness (QED) is 0.777. The number of rotatable bonds is 8. The van der Waals surface area contributed by atoms with Crippen LogP contribution in [0, 0.1) is 5.92 Å². The van der Waals surface area contributed by atoms with Gasteiger partial charge in [-0.1, -0.05) is 26.0 Å². The summed E-state index contributed by atoms with van der Waals surface area (Å²) in [6.45, 7) is 3.88. The van der Waals surface area contributed by atoms with Crippen LogP contribution in [0.3, 0.4) is 0 Å². The van der Waals surface area contributed by atoms with Crippen LogP contribution in [-0.2, 0) is 16.0 Å². The average molecular weight is 334 g/mol. The molecule has 23 heavy (non-hydrogen) atoms. The highest BCUT2D eigenvalue weighted by Crippen LogP contribution is 2.22. The van der Waals surface area contributed by atoms with Crippen LogP contribution < -0.4 is 5.32 Å². The Balaban J connectivity index is 1.80. The number of carbonyl (C=O) groups excluding carboxylic acids is 1. The molecule has 1 atom stereocenters. The highest BCUT2D eigenvalue weighted by molar-refractivity contribution is 7.18. The van der Waals surface area contributed by atoms with Gasteiger partial charge in [-0.15, -0.1) is 11.3 Å². The van der Waals surface area contributed by atoms with Crippen LogP contribution in [-0.4, -0.2) is 28.0 Å². The fourth-order valence-corrected chi connectivity index (χ4v) is 3.40. The Morgan fingerprint density at radius 3 is 2.70 bits per heavy atom. The van der Waals surface area contributed by atoms with Gasteiger partial charge in [0.05, 0.1) is 15.2 Å². The molecule has 0 bridgehead atoms. The number of hydrogen-bond donors (Lipinski definition) is 2. The normalized spacial score (nSPS) is 12.5. The van der Waals surface area contributed by atoms with E-state index in [-0.39, 0.29) is 11.8 Å². The van der Waals surface area contributed by atoms with E-state index < -0.39 is 12.0 Å². The molecule has 5 nitrogen and oxygen atoms in total. The molecule has 0 aliphatic carbocycles. The number of nitrogens with zero attached hydrogens (tertiary/aromatic N) is 1. The highest BCUT2D eigenvalue weighted by atomic mass is 32.1. The second-order valence-corrected chi connectivity index (χ2v) is 7.13. The summed E-state index contributed by atoms with van der Waals surface area (Å²) in [5, 5.41) is 12.7. The third-order valence-corrected chi connectivity index (χ3v) is 4.57. The van der Waals surface area contributed by atoms with E-state index in [4.69, 9.17) is 5.11 Å². The summed E-state index contributed by atoms with van der Waals surface area (Å²) < 4.78 is 1.15. The number of aryl methyl sites for hydroxylation is 1. The van der Waals surface area contributed by atoms with Gasteiger partial charge in [0, 0.05) is 6.42 Å². The molecule has 0 saturated carbocycles. The van der Waals surface area contributed by atoms with E-state index in [1.165, 1.54) is 0 Å². The number of nitrogens with one attached hydrogen (secondary N) is 1. The summed E-state index contributed by atoms with van der Waals surface area (Å²) in [4.78, 5) is 27.6. The standard InChI is InChI=1S/C17H22N2O3S/c1-11(2)10-13(17(21)22)18-15(20)8-5-9-16-19-12-6-3-4-7-14(12)23-16/h3-4,6-7,11,13H,5,8-10H2,1-2H3,(H,18,20)(H,21,22)/t13-/m0/s1. The van der Waals surface area contributed by atoms with Gasteiger partial charge in [-0.05, 0) is 37.3 Å². The molecule has 1 heterocycles. The van der Waals surface area contributed by atoms with Crippen LogP contribution in [0.1, 0.15) is 38.1 Å². The van der Waals surface area contributed by atoms with Crippen LogP contribution in [0.15, 0.2) is 24.3 Å². The Kier molecular flexibility index (Phi) is 6.10. The number of aromatic nitrogens is 1. The summed E-state index contributed by atoms with van der Waals surface area (Å²) in [5.41, 5.74) is 0.986. The Hall–Kier alpha value is -1.95. The zero-order chi connectivity index (χ0) is 16.8. The van der Waals surface area contributed by atoms with Gasteiger partial charge in [0.25, 0.3) is 0 Å². The minimum atomic E-state index is -0.974. The molecule has 2 rings (SSSR count). The molecule has 124 valence electrons. The van der Waals surface area contributed by atoms with Gasteiger partial charge in [0.1, 0.15) is 6.04 Å². The van der Waals surface area contributed by atoms with Crippen molar-refractivity contribution in [3.05, 3.63) is 29.3 Å². The van der Waals surface area contributed by atoms with E-state index in [0.717, 1.165) is 21.6 Å². The van der Waals surface area contributed by atoms with Gasteiger partial charge in [0.2, 0.25) is 5.91 Å². The summed E-state index contributed by atoms with van der Waals surface area (Å²) in [6, 6.07) is 7.15. The van der Waals surface area contributed by atoms with Gasteiger partial charge in [-0.3, -0.25) is 4.79 Å². The molecule has 2 N–H and O–H groups in total. The van der Waals surface area contributed by atoms with Crippen molar-refractivity contribution in [2.45, 2.75) is 45.6 Å². The van der Waals surface area contributed by atoms with Gasteiger partial charge in [0.15, 0.2) is 0 Å². The van der Waals surface area contributed by atoms with Crippen molar-refractivity contribution in [3.8, 4) is 0 Å². The molecule has 1 aromatic carbocycles. The van der Waals surface area contributed by atoms with Gasteiger partial charge in [-0.2, -0.15) is 0 Å². The number of fused-ring (bicyclic) bond motifs is 1. The minimum absolute atomic E-state index is 0.209. The largest absolute Gasteiger partial charge is 0.480 e. The predicted molar refractivity (Wildman–Crippen MR) is 91.6 cm³/mol. The Morgan fingerprint density at radius 1 is 1.30 bits per heavy atom. The molecule has 1 aromatic heterocycles. The van der Waals surface area contributed by atoms with Crippen molar-refractivity contribution < 1.29 is 14.7 Å². The monoisotopic (exact) mass is 334 g/mol. The number of amides is 1. The molecular formula is C17H22N2O3S. The lowest BCUT2D eigenvalue weighted by Crippen LogP contribution is -2.41. The Morgan fingerprint density at radius 2 is 2.04 bits per heavy atom. The maximum absolute atomic E-state index is 11.9. The van der Waals surface area contributed by atoms with E-state index in [1.54, 1.807) is 11.3 Å². The second kappa shape index (κ2) is 8.06. The lowest BCUT2D eigenvalue weighted by molar-refractivity contribution is -0.142. The fraction of sp³-hybridized carbons (Fsp3) is 0.471. The maximum Gasteiger partial charge on any atom is 0.326 e. The van der Waals surface area contributed by atoms with E-state index in [0.29, 0.717) is 19.3 Å². The van der Waals surface area contributed by atoms with E-state index >= 15 is 0 Å². The minimum Gasteiger partial charge on any atom is -0.480 e. The summed E-state index contributed by atoms with van der Waals surface area (Å²) in [7, 11) is 0. The number of carbonyl (C=O) groups is 2. The van der Waals surface area contributed by atoms with Gasteiger partial charge < -0.3 is 10.4 Å². The van der Waals surface area contributed by atoms with E-state index in [1.807, 2.05) is 38.1 Å². The zero-order valence-electron chi connectivity index (χ0n) is 13.4. The molecule has 0 aliphatic rings. The first-order valence-corrected chi connectivity index (χ1v) is 8.64. The number of carboxylic acid groups (broad SMARTS) is 1. The number of aliphatic carboxylic acids is 1. The van der Waals surface area contributed by atoms with Gasteiger partial charge >= 0.3 is 5.97 Å². The SMILES string of the molecule is CC(C)C[C@H](NC(=O)CCCc1nc2ccccc2s1)C(=O)O. The van der Waals surface area contributed by atoms with Crippen molar-refractivity contribution in [1.29, 1.82) is 0 Å². The molecule has 0 fully saturated rings. The van der Waals surface area contributed by atoms with E-state index in [2.05, 4.69) is 10.3 Å². The number of hydrogen-bond acceptors (Lipinski definition) is 4. The van der Waals surface area contributed by atoms with Crippen LogP contribution in [0.2, 0.25) is 0 Å². The molecule has 0 spiro atoms. The summed E-state index contributed by atoms with van der Waals surface area (Å²) in [5.74, 6) is -0.962. The molecule has 0 unspecified atom stereocenters. The van der Waals surface area contributed by atoms with Crippen LogP contribution in [0.5, 0.6) is 0 Å². The third-order valence-electron chi connectivity index (χ3n) is 3.47. The topological polar surface area (TPSA) is 79.3 Å². The Bertz CT molecular complexity index is 648. The number of thiazole rings is 1. The first kappa shape index (κ1) is 17.4. The lowest BCUT2D eigenvalue weighted by Gasteiger charge is -2.16. The van der Waals surface area contributed by atoms with Crippen molar-refractivity contribution in [3.63, 3.8) is 0 Å². The van der Waals surface area contributed by atoms with Crippen molar-refractivity contribution in [1.82, 2.24) is 10.3 Å². The van der Waals surface area contributed by atoms with Crippen LogP contribution >= 0.6 is 11.3 Å². The second-order valence-electron chi connectivity index (χ2n) is 6.02. The first-order chi connectivity index (χ1) is 11.0. The number of para-hydroxylation sites is 1. The molecule has 6 heteroatoms. The molecule has 0 aliphatic heterocycles. The third kappa shape index (κ3) is 5.32. The van der Waals surface area contributed by atoms with Gasteiger partial charge in [-0.25, -0.2) is 9.78 Å². The molecule has 1 amide bonds. The predicted octanol–water partition coefficient (Wildman–Crippen LogP) is 3.23. The Labute approximate surface area is 139 Å². The molecule has 0 radical (unpaired) electrons. The van der Waals surface area contributed by atoms with Crippen molar-refractivity contribution >= 4 is 33.4 Å². The fourth-order valence-electron chi connectivity index (χ4n) is 2.39. The lowest BCUT2D eigenvalue weighted by atomic mass is 10.0. The van der Waals surface area contributed by atoms with Crippen LogP contribution in [0.25, 0.3) is 10.2 Å². The average Bonchev–Trinajstić information content (AvgIpc) is 2.88. The van der Waals surface area contributed by atoms with Crippen LogP contribution in [0.4, 0.5) is 0 Å². The van der Waals surface area contributed by atoms with E-state index in [9.17, 15) is 9.59 Å². The summed E-state index contributed by atoms with van der Waals surface area (Å²) >= 11 is 1.64. The summed E-state index contributed by atoms with van der Waals surface area (Å²) in [6.07, 6.45) is 2.16.